The second kappa shape index (κ2) is 5.55. The molecule has 2 N–H and O–H groups in total. The molecule has 0 saturated carbocycles. The van der Waals surface area contributed by atoms with Crippen molar-refractivity contribution in [2.45, 2.75) is 6.42 Å². The summed E-state index contributed by atoms with van der Waals surface area (Å²) in [7, 11) is 3.21. The van der Waals surface area contributed by atoms with Crippen LogP contribution in [0.15, 0.2) is 28.9 Å². The van der Waals surface area contributed by atoms with Crippen LogP contribution in [-0.4, -0.2) is 25.7 Å². The fourth-order valence-electron chi connectivity index (χ4n) is 1.68. The van der Waals surface area contributed by atoms with Gasteiger partial charge in [-0.25, -0.2) is 4.98 Å². The lowest BCUT2D eigenvalue weighted by atomic mass is 10.1. The van der Waals surface area contributed by atoms with Gasteiger partial charge in [-0.1, -0.05) is 0 Å². The van der Waals surface area contributed by atoms with Crippen LogP contribution in [0.25, 0.3) is 11.3 Å². The van der Waals surface area contributed by atoms with E-state index >= 15 is 0 Å². The largest absolute Gasteiger partial charge is 0.493 e. The minimum atomic E-state index is 0.520. The summed E-state index contributed by atoms with van der Waals surface area (Å²) in [5.41, 5.74) is 7.14. The van der Waals surface area contributed by atoms with Gasteiger partial charge in [0.15, 0.2) is 17.4 Å². The average molecular weight is 248 g/mol. The van der Waals surface area contributed by atoms with Crippen molar-refractivity contribution in [1.29, 1.82) is 0 Å². The van der Waals surface area contributed by atoms with Gasteiger partial charge in [0.05, 0.1) is 14.2 Å². The van der Waals surface area contributed by atoms with E-state index in [1.807, 2.05) is 18.2 Å². The molecule has 1 heterocycles. The number of nitrogens with zero attached hydrogens (tertiary/aromatic N) is 1. The summed E-state index contributed by atoms with van der Waals surface area (Å²) in [6, 6.07) is 5.61. The smallest absolute Gasteiger partial charge is 0.195 e. The Morgan fingerprint density at radius 1 is 1.22 bits per heavy atom. The van der Waals surface area contributed by atoms with Gasteiger partial charge in [0.1, 0.15) is 12.0 Å². The molecule has 2 aromatic rings. The maximum absolute atomic E-state index is 5.46. The van der Waals surface area contributed by atoms with Crippen molar-refractivity contribution in [2.24, 2.45) is 5.73 Å². The molecule has 18 heavy (non-hydrogen) atoms. The second-order valence-electron chi connectivity index (χ2n) is 3.73. The number of hydrogen-bond acceptors (Lipinski definition) is 5. The number of hydrogen-bond donors (Lipinski definition) is 1. The van der Waals surface area contributed by atoms with Crippen LogP contribution in [0.2, 0.25) is 0 Å². The van der Waals surface area contributed by atoms with Crippen LogP contribution in [0.1, 0.15) is 5.89 Å². The van der Waals surface area contributed by atoms with E-state index in [-0.39, 0.29) is 0 Å². The fourth-order valence-corrected chi connectivity index (χ4v) is 1.68. The van der Waals surface area contributed by atoms with E-state index in [0.29, 0.717) is 30.4 Å². The molecular formula is C13H16N2O3. The Morgan fingerprint density at radius 2 is 2.00 bits per heavy atom. The lowest BCUT2D eigenvalue weighted by molar-refractivity contribution is 0.355. The van der Waals surface area contributed by atoms with E-state index in [1.54, 1.807) is 20.5 Å². The molecule has 0 fully saturated rings. The summed E-state index contributed by atoms with van der Waals surface area (Å²) in [5.74, 6) is 1.99. The quantitative estimate of drug-likeness (QED) is 0.874. The molecule has 0 saturated heterocycles. The number of ether oxygens (including phenoxy) is 2. The molecule has 0 spiro atoms. The first-order valence-electron chi connectivity index (χ1n) is 5.65. The lowest BCUT2D eigenvalue weighted by Gasteiger charge is -2.07. The third kappa shape index (κ3) is 2.46. The molecule has 0 bridgehead atoms. The highest BCUT2D eigenvalue weighted by Gasteiger charge is 2.09. The van der Waals surface area contributed by atoms with Gasteiger partial charge in [0.2, 0.25) is 0 Å². The van der Waals surface area contributed by atoms with Crippen LogP contribution in [0.4, 0.5) is 0 Å². The topological polar surface area (TPSA) is 70.5 Å². The third-order valence-corrected chi connectivity index (χ3v) is 2.59. The van der Waals surface area contributed by atoms with E-state index in [0.717, 1.165) is 11.3 Å². The molecule has 5 heteroatoms. The number of rotatable bonds is 5. The fraction of sp³-hybridized carbons (Fsp3) is 0.308. The van der Waals surface area contributed by atoms with Gasteiger partial charge in [0.25, 0.3) is 0 Å². The third-order valence-electron chi connectivity index (χ3n) is 2.59. The minimum Gasteiger partial charge on any atom is -0.493 e. The predicted octanol–water partition coefficient (Wildman–Crippen LogP) is 1.86. The highest BCUT2D eigenvalue weighted by atomic mass is 16.5. The summed E-state index contributed by atoms with van der Waals surface area (Å²) < 4.78 is 15.8. The van der Waals surface area contributed by atoms with E-state index in [4.69, 9.17) is 19.6 Å². The van der Waals surface area contributed by atoms with Gasteiger partial charge >= 0.3 is 0 Å². The normalized spacial score (nSPS) is 10.4. The zero-order valence-electron chi connectivity index (χ0n) is 10.5. The van der Waals surface area contributed by atoms with Crippen LogP contribution in [0.3, 0.4) is 0 Å². The monoisotopic (exact) mass is 248 g/mol. The lowest BCUT2D eigenvalue weighted by Crippen LogP contribution is -2.02. The maximum atomic E-state index is 5.46. The summed E-state index contributed by atoms with van der Waals surface area (Å²) >= 11 is 0. The van der Waals surface area contributed by atoms with Crippen molar-refractivity contribution in [3.05, 3.63) is 30.4 Å². The molecule has 1 aromatic carbocycles. The van der Waals surface area contributed by atoms with Crippen LogP contribution in [0, 0.1) is 0 Å². The first kappa shape index (κ1) is 12.4. The van der Waals surface area contributed by atoms with E-state index in [2.05, 4.69) is 4.98 Å². The molecule has 1 aromatic heterocycles. The van der Waals surface area contributed by atoms with Gasteiger partial charge in [-0.3, -0.25) is 0 Å². The zero-order valence-corrected chi connectivity index (χ0v) is 10.5. The summed E-state index contributed by atoms with van der Waals surface area (Å²) in [4.78, 5) is 4.36. The highest BCUT2D eigenvalue weighted by Crippen LogP contribution is 2.31. The molecule has 5 nitrogen and oxygen atoms in total. The van der Waals surface area contributed by atoms with Crippen molar-refractivity contribution in [1.82, 2.24) is 4.98 Å². The Labute approximate surface area is 106 Å². The van der Waals surface area contributed by atoms with Gasteiger partial charge in [-0.2, -0.15) is 0 Å². The zero-order chi connectivity index (χ0) is 13.0. The Bertz CT molecular complexity index is 523. The molecule has 0 aliphatic heterocycles. The van der Waals surface area contributed by atoms with Gasteiger partial charge in [0, 0.05) is 18.5 Å². The highest BCUT2D eigenvalue weighted by molar-refractivity contribution is 5.63. The molecule has 2 rings (SSSR count). The number of oxazole rings is 1. The molecule has 0 amide bonds. The van der Waals surface area contributed by atoms with Crippen LogP contribution in [-0.2, 0) is 6.42 Å². The number of benzene rings is 1. The van der Waals surface area contributed by atoms with Crippen LogP contribution < -0.4 is 15.2 Å². The van der Waals surface area contributed by atoms with Crippen molar-refractivity contribution < 1.29 is 13.9 Å². The first-order valence-corrected chi connectivity index (χ1v) is 5.65. The number of methoxy groups -OCH3 is 2. The maximum Gasteiger partial charge on any atom is 0.195 e. The molecule has 0 aliphatic carbocycles. The molecule has 0 radical (unpaired) electrons. The first-order chi connectivity index (χ1) is 8.78. The average Bonchev–Trinajstić information content (AvgIpc) is 2.87. The SMILES string of the molecule is COc1ccc(-c2coc(CCN)n2)cc1OC. The van der Waals surface area contributed by atoms with Gasteiger partial charge < -0.3 is 19.6 Å². The molecule has 0 aliphatic rings. The van der Waals surface area contributed by atoms with Gasteiger partial charge in [-0.15, -0.1) is 0 Å². The van der Waals surface area contributed by atoms with Crippen molar-refractivity contribution in [3.8, 4) is 22.8 Å². The summed E-state index contributed by atoms with van der Waals surface area (Å²) in [6.45, 7) is 0.520. The van der Waals surface area contributed by atoms with E-state index < -0.39 is 0 Å². The van der Waals surface area contributed by atoms with E-state index in [9.17, 15) is 0 Å². The Balaban J connectivity index is 2.31. The second-order valence-corrected chi connectivity index (χ2v) is 3.73. The molecule has 0 atom stereocenters. The van der Waals surface area contributed by atoms with E-state index in [1.165, 1.54) is 0 Å². The molecule has 96 valence electrons. The number of aromatic nitrogens is 1. The van der Waals surface area contributed by atoms with Crippen LogP contribution >= 0.6 is 0 Å². The Morgan fingerprint density at radius 3 is 2.67 bits per heavy atom. The molecule has 0 unspecified atom stereocenters. The van der Waals surface area contributed by atoms with Gasteiger partial charge in [-0.05, 0) is 18.2 Å². The Kier molecular flexibility index (Phi) is 3.84. The predicted molar refractivity (Wildman–Crippen MR) is 67.8 cm³/mol. The number of nitrogens with two attached hydrogens (primary N) is 1. The van der Waals surface area contributed by atoms with Crippen molar-refractivity contribution >= 4 is 0 Å². The standard InChI is InChI=1S/C13H16N2O3/c1-16-11-4-3-9(7-12(11)17-2)10-8-18-13(15-10)5-6-14/h3-4,7-8H,5-6,14H2,1-2H3. The molecular weight excluding hydrogens is 232 g/mol. The van der Waals surface area contributed by atoms with Crippen molar-refractivity contribution in [2.75, 3.05) is 20.8 Å². The summed E-state index contributed by atoms with van der Waals surface area (Å²) in [5, 5.41) is 0. The minimum absolute atomic E-state index is 0.520. The Hall–Kier alpha value is -2.01. The van der Waals surface area contributed by atoms with Crippen molar-refractivity contribution in [3.63, 3.8) is 0 Å². The summed E-state index contributed by atoms with van der Waals surface area (Å²) in [6.07, 6.45) is 2.25. The van der Waals surface area contributed by atoms with Crippen LogP contribution in [0.5, 0.6) is 11.5 Å².